The normalized spacial score (nSPS) is 20.0. The lowest BCUT2D eigenvalue weighted by molar-refractivity contribution is 0.332. The lowest BCUT2D eigenvalue weighted by Gasteiger charge is -2.46. The van der Waals surface area contributed by atoms with E-state index in [1.54, 1.807) is 0 Å². The van der Waals surface area contributed by atoms with Crippen molar-refractivity contribution < 1.29 is 4.42 Å². The highest BCUT2D eigenvalue weighted by atomic mass is 16.3. The fraction of sp³-hybridized carbons (Fsp3) is 0.408. The summed E-state index contributed by atoms with van der Waals surface area (Å²) >= 11 is 0. The smallest absolute Gasteiger partial charge is 0.297 e. The quantitative estimate of drug-likeness (QED) is 0.165. The van der Waals surface area contributed by atoms with Gasteiger partial charge in [-0.05, 0) is 216 Å². The summed E-state index contributed by atoms with van der Waals surface area (Å²) in [7, 11) is 0. The number of fused-ring (bicyclic) bond motifs is 10. The van der Waals surface area contributed by atoms with Gasteiger partial charge in [0.2, 0.25) is 0 Å². The van der Waals surface area contributed by atoms with Crippen LogP contribution in [0.5, 0.6) is 0 Å². The lowest BCUT2D eigenvalue weighted by Crippen LogP contribution is -2.61. The van der Waals surface area contributed by atoms with E-state index in [0.29, 0.717) is 0 Å². The highest BCUT2D eigenvalue weighted by molar-refractivity contribution is 7.00. The first-order valence-corrected chi connectivity index (χ1v) is 28.5. The van der Waals surface area contributed by atoms with E-state index in [9.17, 15) is 0 Å². The molecule has 5 aliphatic rings. The van der Waals surface area contributed by atoms with Crippen molar-refractivity contribution in [2.75, 3.05) is 9.80 Å². The highest BCUT2D eigenvalue weighted by Crippen LogP contribution is 2.56. The third kappa shape index (κ3) is 7.19. The maximum atomic E-state index is 7.76. The van der Waals surface area contributed by atoms with Gasteiger partial charge in [0.25, 0.3) is 6.71 Å². The number of aryl methyl sites for hydroxylation is 1. The highest BCUT2D eigenvalue weighted by Gasteiger charge is 2.50. The van der Waals surface area contributed by atoms with Crippen LogP contribution in [0.3, 0.4) is 0 Å². The van der Waals surface area contributed by atoms with Crippen LogP contribution >= 0.6 is 0 Å². The van der Waals surface area contributed by atoms with Gasteiger partial charge in [-0.1, -0.05) is 158 Å². The Bertz CT molecular complexity index is 3750. The molecule has 0 atom stereocenters. The molecular weight excluding hydrogens is 908 g/mol. The van der Waals surface area contributed by atoms with Crippen molar-refractivity contribution >= 4 is 79.2 Å². The van der Waals surface area contributed by atoms with Crippen LogP contribution in [0.4, 0.5) is 34.1 Å². The number of benzene rings is 7. The molecule has 8 aromatic rings. The van der Waals surface area contributed by atoms with Gasteiger partial charge in [-0.3, -0.25) is 0 Å². The van der Waals surface area contributed by atoms with Gasteiger partial charge in [0, 0.05) is 33.7 Å². The molecule has 13 rings (SSSR count). The molecule has 0 amide bonds. The Morgan fingerprint density at radius 1 is 0.467 bits per heavy atom. The fourth-order valence-electron chi connectivity index (χ4n) is 14.8. The van der Waals surface area contributed by atoms with E-state index >= 15 is 0 Å². The van der Waals surface area contributed by atoms with Crippen LogP contribution in [0.25, 0.3) is 32.9 Å². The van der Waals surface area contributed by atoms with Gasteiger partial charge >= 0.3 is 0 Å². The van der Waals surface area contributed by atoms with E-state index in [2.05, 4.69) is 236 Å². The zero-order valence-corrected chi connectivity index (χ0v) is 48.1. The molecule has 7 aromatic carbocycles. The Kier molecular flexibility index (Phi) is 10.1. The molecule has 0 fully saturated rings. The second kappa shape index (κ2) is 15.6. The van der Waals surface area contributed by atoms with Crippen molar-refractivity contribution in [3.8, 4) is 11.1 Å². The summed E-state index contributed by atoms with van der Waals surface area (Å²) in [6, 6.07) is 46.2. The molecule has 0 spiro atoms. The van der Waals surface area contributed by atoms with Crippen molar-refractivity contribution in [3.05, 3.63) is 160 Å². The average molecular weight is 987 g/mol. The predicted molar refractivity (Wildman–Crippen MR) is 322 cm³/mol. The molecule has 3 aliphatic carbocycles. The number of anilines is 6. The number of rotatable bonds is 3. The molecule has 1 aromatic heterocycles. The molecule has 0 saturated carbocycles. The zero-order chi connectivity index (χ0) is 52.9. The van der Waals surface area contributed by atoms with Gasteiger partial charge in [-0.15, -0.1) is 0 Å². The van der Waals surface area contributed by atoms with Crippen LogP contribution in [0, 0.1) is 6.92 Å². The van der Waals surface area contributed by atoms with E-state index in [1.807, 2.05) is 0 Å². The Morgan fingerprint density at radius 3 is 1.64 bits per heavy atom. The fourth-order valence-corrected chi connectivity index (χ4v) is 14.8. The van der Waals surface area contributed by atoms with Crippen LogP contribution in [-0.2, 0) is 37.9 Å². The van der Waals surface area contributed by atoms with E-state index in [1.165, 1.54) is 123 Å². The first kappa shape index (κ1) is 48.6. The summed E-state index contributed by atoms with van der Waals surface area (Å²) in [5.74, 6) is 0. The molecule has 0 radical (unpaired) electrons. The third-order valence-corrected chi connectivity index (χ3v) is 20.0. The van der Waals surface area contributed by atoms with Crippen molar-refractivity contribution in [1.29, 1.82) is 0 Å². The Labute approximate surface area is 449 Å². The number of furan rings is 1. The Hall–Kier alpha value is -6.00. The lowest BCUT2D eigenvalue weighted by atomic mass is 9.35. The molecule has 4 heteroatoms. The Morgan fingerprint density at radius 2 is 1.01 bits per heavy atom. The zero-order valence-electron chi connectivity index (χ0n) is 48.1. The number of hydrogen-bond donors (Lipinski definition) is 0. The molecule has 0 saturated heterocycles. The minimum atomic E-state index is -0.147. The molecule has 3 heterocycles. The SMILES string of the molecule is Cc1cc2c3c(c1)N(c1ccc4c(c1)C(C)(C)CCC4(C)C)c1c(oc4cc5c(cc14)C(C)(C)CCC5(C)C)B3c1cc(C(C)(C)C)ccc1N2c1cc2c(cc1-c1ccc3ccccc3c1)C(C)(C)CCC2(C)C. The van der Waals surface area contributed by atoms with Gasteiger partial charge in [0.05, 0.1) is 17.0 Å². The van der Waals surface area contributed by atoms with Gasteiger partial charge in [0.1, 0.15) is 5.58 Å². The number of nitrogens with zero attached hydrogens (tertiary/aromatic N) is 2. The maximum absolute atomic E-state index is 7.76. The average Bonchev–Trinajstić information content (AvgIpc) is 3.73. The second-order valence-corrected chi connectivity index (χ2v) is 29.1. The van der Waals surface area contributed by atoms with Crippen LogP contribution in [0.2, 0.25) is 0 Å². The van der Waals surface area contributed by atoms with Crippen molar-refractivity contribution in [3.63, 3.8) is 0 Å². The van der Waals surface area contributed by atoms with Crippen molar-refractivity contribution in [2.24, 2.45) is 0 Å². The molecule has 2 aliphatic heterocycles. The molecule has 3 nitrogen and oxygen atoms in total. The standard InChI is InChI=1S/C71H79BN2O/c1-42-33-59-62-60(34-42)74(58-40-54-52(68(9,10)29-31-70(54,13)14)38-48(58)45-22-21-43-19-17-18-20-44(43)35-45)57-26-23-46(65(2,3)4)36-56(57)72(62)64-63(49-39-53-55(41-61(49)75-64)71(15,16)32-30-69(53,11)12)73(59)47-24-25-50-51(37-47)67(7,8)28-27-66(50,5)6/h17-26,33-41H,27-32H2,1-16H3. The van der Waals surface area contributed by atoms with Gasteiger partial charge in [-0.2, -0.15) is 0 Å². The summed E-state index contributed by atoms with van der Waals surface area (Å²) in [5.41, 5.74) is 26.1. The van der Waals surface area contributed by atoms with E-state index in [-0.39, 0.29) is 44.6 Å². The molecule has 75 heavy (non-hydrogen) atoms. The molecule has 0 unspecified atom stereocenters. The van der Waals surface area contributed by atoms with Crippen LogP contribution in [0.1, 0.15) is 187 Å². The molecular formula is C71H79BN2O. The summed E-state index contributed by atoms with van der Waals surface area (Å²) in [4.78, 5) is 5.36. The van der Waals surface area contributed by atoms with Crippen LogP contribution in [0.15, 0.2) is 120 Å². The van der Waals surface area contributed by atoms with E-state index in [0.717, 1.165) is 43.3 Å². The van der Waals surface area contributed by atoms with Crippen molar-refractivity contribution in [1.82, 2.24) is 0 Å². The van der Waals surface area contributed by atoms with Gasteiger partial charge in [0.15, 0.2) is 0 Å². The van der Waals surface area contributed by atoms with Gasteiger partial charge < -0.3 is 14.2 Å². The van der Waals surface area contributed by atoms with Crippen molar-refractivity contribution in [2.45, 2.75) is 187 Å². The maximum Gasteiger partial charge on any atom is 0.297 e. The van der Waals surface area contributed by atoms with Crippen LogP contribution in [-0.4, -0.2) is 6.71 Å². The summed E-state index contributed by atoms with van der Waals surface area (Å²) in [6.07, 6.45) is 6.95. The van der Waals surface area contributed by atoms with Crippen LogP contribution < -0.4 is 26.4 Å². The Balaban J connectivity index is 1.17. The summed E-state index contributed by atoms with van der Waals surface area (Å²) in [5, 5.41) is 3.74. The minimum absolute atomic E-state index is 0.00184. The monoisotopic (exact) mass is 987 g/mol. The topological polar surface area (TPSA) is 19.6 Å². The molecule has 0 N–H and O–H groups in total. The van der Waals surface area contributed by atoms with Gasteiger partial charge in [-0.25, -0.2) is 0 Å². The first-order chi connectivity index (χ1) is 35.2. The molecule has 382 valence electrons. The second-order valence-electron chi connectivity index (χ2n) is 29.1. The number of hydrogen-bond acceptors (Lipinski definition) is 3. The van der Waals surface area contributed by atoms with E-state index < -0.39 is 0 Å². The van der Waals surface area contributed by atoms with E-state index in [4.69, 9.17) is 4.42 Å². The predicted octanol–water partition coefficient (Wildman–Crippen LogP) is 18.0. The first-order valence-electron chi connectivity index (χ1n) is 28.5. The largest absolute Gasteiger partial charge is 0.468 e. The summed E-state index contributed by atoms with van der Waals surface area (Å²) in [6.45, 7) is 38.8. The minimum Gasteiger partial charge on any atom is -0.468 e. The summed E-state index contributed by atoms with van der Waals surface area (Å²) < 4.78 is 7.76. The molecule has 0 bridgehead atoms. The third-order valence-electron chi connectivity index (χ3n) is 20.0.